The van der Waals surface area contributed by atoms with Gasteiger partial charge in [-0.15, -0.1) is 0 Å². The minimum Gasteiger partial charge on any atom is -0.494 e. The van der Waals surface area contributed by atoms with Gasteiger partial charge in [0.25, 0.3) is 11.8 Å². The fourth-order valence-electron chi connectivity index (χ4n) is 5.01. The van der Waals surface area contributed by atoms with Crippen molar-refractivity contribution in [3.63, 3.8) is 0 Å². The van der Waals surface area contributed by atoms with Gasteiger partial charge in [0, 0.05) is 58.6 Å². The number of furan rings is 1. The number of carbonyl (C=O) groups excluding carboxylic acids is 2. The van der Waals surface area contributed by atoms with E-state index in [9.17, 15) is 9.59 Å². The summed E-state index contributed by atoms with van der Waals surface area (Å²) in [6, 6.07) is 7.88. The van der Waals surface area contributed by atoms with Crippen LogP contribution >= 0.6 is 0 Å². The highest BCUT2D eigenvalue weighted by Gasteiger charge is 2.35. The summed E-state index contributed by atoms with van der Waals surface area (Å²) in [6.07, 6.45) is 7.67. The Kier molecular flexibility index (Phi) is 6.84. The summed E-state index contributed by atoms with van der Waals surface area (Å²) >= 11 is 0. The van der Waals surface area contributed by atoms with E-state index in [1.807, 2.05) is 24.4 Å². The molecule has 8 heteroatoms. The molecule has 3 aromatic heterocycles. The molecule has 2 amide bonds. The van der Waals surface area contributed by atoms with Crippen molar-refractivity contribution in [1.82, 2.24) is 19.8 Å². The van der Waals surface area contributed by atoms with Crippen molar-refractivity contribution in [2.45, 2.75) is 40.2 Å². The molecule has 1 N–H and O–H groups in total. The third-order valence-corrected chi connectivity index (χ3v) is 6.97. The molecule has 0 saturated heterocycles. The van der Waals surface area contributed by atoms with Crippen molar-refractivity contribution in [1.29, 1.82) is 0 Å². The van der Waals surface area contributed by atoms with Crippen molar-refractivity contribution < 1.29 is 18.7 Å². The molecule has 5 rings (SSSR count). The van der Waals surface area contributed by atoms with E-state index in [1.54, 1.807) is 24.7 Å². The van der Waals surface area contributed by atoms with Gasteiger partial charge in [-0.05, 0) is 57.6 Å². The Morgan fingerprint density at radius 2 is 1.81 bits per heavy atom. The first kappa shape index (κ1) is 24.8. The molecular formula is C29H32N4O4. The van der Waals surface area contributed by atoms with E-state index in [2.05, 4.69) is 47.5 Å². The Morgan fingerprint density at radius 1 is 1.05 bits per heavy atom. The number of benzene rings is 1. The standard InChI is InChI=1S/C29H32N4O4/c1-5-32(6-2)11-7-12-36-20-8-9-24-21(14-20)23(17-33(24)18(3)4)26-25(28(34)31-29(26)35)22-16-30-15-19-10-13-37-27(19)22/h8-10,13-18H,5-7,11-12H2,1-4H3,(H,31,34,35). The molecule has 4 aromatic rings. The number of hydrogen-bond acceptors (Lipinski definition) is 6. The van der Waals surface area contributed by atoms with E-state index in [0.717, 1.165) is 48.1 Å². The molecule has 4 heterocycles. The zero-order valence-electron chi connectivity index (χ0n) is 21.7. The van der Waals surface area contributed by atoms with Crippen molar-refractivity contribution >= 4 is 44.8 Å². The predicted molar refractivity (Wildman–Crippen MR) is 144 cm³/mol. The van der Waals surface area contributed by atoms with Gasteiger partial charge in [-0.25, -0.2) is 0 Å². The summed E-state index contributed by atoms with van der Waals surface area (Å²) in [7, 11) is 0. The van der Waals surface area contributed by atoms with E-state index < -0.39 is 11.8 Å². The fourth-order valence-corrected chi connectivity index (χ4v) is 5.01. The Balaban J connectivity index is 1.60. The number of fused-ring (bicyclic) bond motifs is 2. The highest BCUT2D eigenvalue weighted by Crippen LogP contribution is 2.39. The Labute approximate surface area is 215 Å². The number of nitrogens with one attached hydrogen (secondary N) is 1. The van der Waals surface area contributed by atoms with Gasteiger partial charge in [0.2, 0.25) is 0 Å². The van der Waals surface area contributed by atoms with Gasteiger partial charge in [-0.3, -0.25) is 19.9 Å². The number of imide groups is 1. The van der Waals surface area contributed by atoms with Gasteiger partial charge in [0.1, 0.15) is 11.3 Å². The van der Waals surface area contributed by atoms with Gasteiger partial charge < -0.3 is 18.6 Å². The van der Waals surface area contributed by atoms with Crippen LogP contribution in [0.2, 0.25) is 0 Å². The molecule has 0 bridgehead atoms. The minimum absolute atomic E-state index is 0.150. The summed E-state index contributed by atoms with van der Waals surface area (Å²) in [4.78, 5) is 32.9. The SMILES string of the molecule is CCN(CC)CCCOc1ccc2c(c1)c(C1=C(c3cncc4ccoc34)C(=O)NC1=O)cn2C(C)C. The second-order valence-electron chi connectivity index (χ2n) is 9.51. The summed E-state index contributed by atoms with van der Waals surface area (Å²) in [5.74, 6) is -0.159. The maximum atomic E-state index is 13.2. The minimum atomic E-state index is -0.458. The van der Waals surface area contributed by atoms with Crippen LogP contribution in [0.3, 0.4) is 0 Å². The number of carbonyl (C=O) groups is 2. The number of rotatable bonds is 10. The lowest BCUT2D eigenvalue weighted by molar-refractivity contribution is -0.122. The number of hydrogen-bond donors (Lipinski definition) is 1. The van der Waals surface area contributed by atoms with Crippen LogP contribution in [0.15, 0.2) is 53.5 Å². The third kappa shape index (κ3) is 4.53. The van der Waals surface area contributed by atoms with Crippen LogP contribution < -0.4 is 10.1 Å². The van der Waals surface area contributed by atoms with Crippen LogP contribution in [0.5, 0.6) is 5.75 Å². The van der Waals surface area contributed by atoms with Crippen molar-refractivity contribution in [3.8, 4) is 5.75 Å². The number of ether oxygens (including phenoxy) is 1. The highest BCUT2D eigenvalue weighted by molar-refractivity contribution is 6.50. The first-order valence-corrected chi connectivity index (χ1v) is 12.8. The van der Waals surface area contributed by atoms with Crippen LogP contribution in [0.1, 0.15) is 51.3 Å². The molecule has 37 heavy (non-hydrogen) atoms. The molecular weight excluding hydrogens is 468 g/mol. The fraction of sp³-hybridized carbons (Fsp3) is 0.345. The van der Waals surface area contributed by atoms with Crippen molar-refractivity contribution in [2.24, 2.45) is 0 Å². The van der Waals surface area contributed by atoms with Crippen LogP contribution in [0.25, 0.3) is 33.0 Å². The number of aromatic nitrogens is 2. The summed E-state index contributed by atoms with van der Waals surface area (Å²) < 4.78 is 13.9. The monoisotopic (exact) mass is 500 g/mol. The van der Waals surface area contributed by atoms with Gasteiger partial charge in [-0.2, -0.15) is 0 Å². The average Bonchev–Trinajstić information content (AvgIpc) is 3.59. The summed E-state index contributed by atoms with van der Waals surface area (Å²) in [6.45, 7) is 12.1. The molecule has 0 atom stereocenters. The van der Waals surface area contributed by atoms with Crippen LogP contribution in [-0.2, 0) is 9.59 Å². The van der Waals surface area contributed by atoms with Gasteiger partial charge >= 0.3 is 0 Å². The molecule has 1 aliphatic heterocycles. The van der Waals surface area contributed by atoms with Gasteiger partial charge in [0.05, 0.1) is 24.0 Å². The molecule has 0 aliphatic carbocycles. The zero-order chi connectivity index (χ0) is 26.1. The van der Waals surface area contributed by atoms with Crippen LogP contribution in [-0.4, -0.2) is 52.5 Å². The number of amides is 2. The third-order valence-electron chi connectivity index (χ3n) is 6.97. The molecule has 0 radical (unpaired) electrons. The lowest BCUT2D eigenvalue weighted by atomic mass is 9.96. The first-order valence-electron chi connectivity index (χ1n) is 12.8. The van der Waals surface area contributed by atoms with Crippen molar-refractivity contribution in [2.75, 3.05) is 26.2 Å². The molecule has 0 spiro atoms. The normalized spacial score (nSPS) is 14.1. The van der Waals surface area contributed by atoms with E-state index in [0.29, 0.717) is 28.9 Å². The molecule has 1 aromatic carbocycles. The summed E-state index contributed by atoms with van der Waals surface area (Å²) in [5.41, 5.74) is 3.26. The smallest absolute Gasteiger partial charge is 0.259 e. The molecule has 0 unspecified atom stereocenters. The Bertz CT molecular complexity index is 1510. The number of pyridine rings is 1. The van der Waals surface area contributed by atoms with E-state index >= 15 is 0 Å². The maximum absolute atomic E-state index is 13.2. The topological polar surface area (TPSA) is 89.6 Å². The van der Waals surface area contributed by atoms with Crippen molar-refractivity contribution in [3.05, 3.63) is 60.2 Å². The lowest BCUT2D eigenvalue weighted by Crippen LogP contribution is -2.25. The van der Waals surface area contributed by atoms with E-state index in [-0.39, 0.29) is 11.6 Å². The van der Waals surface area contributed by atoms with E-state index in [1.165, 1.54) is 0 Å². The van der Waals surface area contributed by atoms with Gasteiger partial charge in [-0.1, -0.05) is 13.8 Å². The lowest BCUT2D eigenvalue weighted by Gasteiger charge is -2.17. The second kappa shape index (κ2) is 10.2. The molecule has 1 aliphatic rings. The average molecular weight is 501 g/mol. The molecule has 192 valence electrons. The van der Waals surface area contributed by atoms with Gasteiger partial charge in [0.15, 0.2) is 0 Å². The molecule has 0 fully saturated rings. The van der Waals surface area contributed by atoms with E-state index in [4.69, 9.17) is 9.15 Å². The maximum Gasteiger partial charge on any atom is 0.259 e. The first-order chi connectivity index (χ1) is 17.9. The Morgan fingerprint density at radius 3 is 2.54 bits per heavy atom. The largest absolute Gasteiger partial charge is 0.494 e. The molecule has 0 saturated carbocycles. The van der Waals surface area contributed by atoms with Crippen LogP contribution in [0, 0.1) is 0 Å². The zero-order valence-corrected chi connectivity index (χ0v) is 21.7. The Hall–Kier alpha value is -3.91. The van der Waals surface area contributed by atoms with Crippen LogP contribution in [0.4, 0.5) is 0 Å². The molecule has 8 nitrogen and oxygen atoms in total. The highest BCUT2D eigenvalue weighted by atomic mass is 16.5. The number of nitrogens with zero attached hydrogens (tertiary/aromatic N) is 3. The second-order valence-corrected chi connectivity index (χ2v) is 9.51. The predicted octanol–water partition coefficient (Wildman–Crippen LogP) is 5.04. The summed E-state index contributed by atoms with van der Waals surface area (Å²) in [5, 5.41) is 4.10. The quantitative estimate of drug-likeness (QED) is 0.242.